The van der Waals surface area contributed by atoms with Gasteiger partial charge in [0, 0.05) is 6.54 Å². The third-order valence-corrected chi connectivity index (χ3v) is 2.49. The molecule has 0 heterocycles. The summed E-state index contributed by atoms with van der Waals surface area (Å²) in [7, 11) is 0. The molecule has 8 heteroatoms. The molecule has 1 aromatic carbocycles. The molecule has 1 aromatic rings. The third kappa shape index (κ3) is 5.97. The van der Waals surface area contributed by atoms with Gasteiger partial charge in [0.1, 0.15) is 18.5 Å². The van der Waals surface area contributed by atoms with Crippen LogP contribution in [0.2, 0.25) is 0 Å². The van der Waals surface area contributed by atoms with E-state index in [-0.39, 0.29) is 13.2 Å². The van der Waals surface area contributed by atoms with Crippen molar-refractivity contribution in [2.45, 2.75) is 18.5 Å². The first-order valence-corrected chi connectivity index (χ1v) is 6.03. The highest BCUT2D eigenvalue weighted by atomic mass is 19.3. The number of alkyl halides is 4. The number of ether oxygens (including phenoxy) is 1. The van der Waals surface area contributed by atoms with Crippen molar-refractivity contribution in [1.29, 1.82) is 5.26 Å². The number of aliphatic hydroxyl groups excluding tert-OH is 1. The fourth-order valence-electron chi connectivity index (χ4n) is 1.36. The van der Waals surface area contributed by atoms with Crippen LogP contribution in [0.4, 0.5) is 17.6 Å². The topological polar surface area (TPSA) is 65.3 Å². The van der Waals surface area contributed by atoms with Crippen molar-refractivity contribution < 1.29 is 27.4 Å². The molecular weight excluding hydrogens is 292 g/mol. The van der Waals surface area contributed by atoms with Gasteiger partial charge in [0.25, 0.3) is 0 Å². The van der Waals surface area contributed by atoms with Gasteiger partial charge in [0.15, 0.2) is 0 Å². The first-order chi connectivity index (χ1) is 9.85. The van der Waals surface area contributed by atoms with E-state index in [4.69, 9.17) is 10.00 Å². The van der Waals surface area contributed by atoms with E-state index in [0.29, 0.717) is 11.3 Å². The van der Waals surface area contributed by atoms with E-state index in [1.54, 1.807) is 0 Å². The summed E-state index contributed by atoms with van der Waals surface area (Å²) >= 11 is 0. The molecule has 0 radical (unpaired) electrons. The Labute approximate surface area is 118 Å². The largest absolute Gasteiger partial charge is 0.491 e. The molecule has 0 aromatic heterocycles. The second-order valence-corrected chi connectivity index (χ2v) is 4.29. The standard InChI is InChI=1S/C13H14F4N2O2/c14-12(15)13(16,17)8-19-6-10(20)7-21-11-3-1-9(5-18)2-4-11/h1-4,10,12,19-20H,6-8H2. The van der Waals surface area contributed by atoms with E-state index in [2.05, 4.69) is 5.32 Å². The molecule has 0 amide bonds. The van der Waals surface area contributed by atoms with Crippen LogP contribution >= 0.6 is 0 Å². The molecule has 0 spiro atoms. The van der Waals surface area contributed by atoms with Crippen molar-refractivity contribution >= 4 is 0 Å². The fraction of sp³-hybridized carbons (Fsp3) is 0.462. The van der Waals surface area contributed by atoms with Gasteiger partial charge in [-0.1, -0.05) is 0 Å². The van der Waals surface area contributed by atoms with Crippen molar-refractivity contribution in [3.63, 3.8) is 0 Å². The van der Waals surface area contributed by atoms with Gasteiger partial charge < -0.3 is 15.2 Å². The van der Waals surface area contributed by atoms with Crippen molar-refractivity contribution in [1.82, 2.24) is 5.32 Å². The zero-order valence-corrected chi connectivity index (χ0v) is 10.9. The Hall–Kier alpha value is -1.85. The van der Waals surface area contributed by atoms with Crippen LogP contribution in [-0.4, -0.2) is 43.3 Å². The molecule has 4 nitrogen and oxygen atoms in total. The SMILES string of the molecule is N#Cc1ccc(OCC(O)CNCC(F)(F)C(F)F)cc1. The summed E-state index contributed by atoms with van der Waals surface area (Å²) in [4.78, 5) is 0. The number of nitriles is 1. The van der Waals surface area contributed by atoms with Gasteiger partial charge in [-0.2, -0.15) is 14.0 Å². The van der Waals surface area contributed by atoms with Crippen molar-refractivity contribution in [2.75, 3.05) is 19.7 Å². The van der Waals surface area contributed by atoms with Crippen LogP contribution in [0.3, 0.4) is 0 Å². The highest BCUT2D eigenvalue weighted by Crippen LogP contribution is 2.21. The molecule has 116 valence electrons. The van der Waals surface area contributed by atoms with Gasteiger partial charge in [-0.25, -0.2) is 8.78 Å². The second kappa shape index (κ2) is 7.81. The van der Waals surface area contributed by atoms with Crippen LogP contribution < -0.4 is 10.1 Å². The molecule has 2 N–H and O–H groups in total. The third-order valence-electron chi connectivity index (χ3n) is 2.49. The van der Waals surface area contributed by atoms with E-state index >= 15 is 0 Å². The maximum Gasteiger partial charge on any atom is 0.319 e. The average Bonchev–Trinajstić information content (AvgIpc) is 2.45. The second-order valence-electron chi connectivity index (χ2n) is 4.29. The zero-order chi connectivity index (χ0) is 15.9. The summed E-state index contributed by atoms with van der Waals surface area (Å²) < 4.78 is 54.0. The number of nitrogens with zero attached hydrogens (tertiary/aromatic N) is 1. The maximum absolute atomic E-state index is 12.6. The minimum absolute atomic E-state index is 0.195. The highest BCUT2D eigenvalue weighted by Gasteiger charge is 2.40. The lowest BCUT2D eigenvalue weighted by atomic mass is 10.2. The molecule has 21 heavy (non-hydrogen) atoms. The first kappa shape index (κ1) is 17.2. The Bertz CT molecular complexity index is 474. The number of benzene rings is 1. The van der Waals surface area contributed by atoms with Crippen LogP contribution in [0.15, 0.2) is 24.3 Å². The van der Waals surface area contributed by atoms with Crippen LogP contribution in [-0.2, 0) is 0 Å². The molecule has 1 unspecified atom stereocenters. The maximum atomic E-state index is 12.6. The van der Waals surface area contributed by atoms with Crippen molar-refractivity contribution in [3.05, 3.63) is 29.8 Å². The zero-order valence-electron chi connectivity index (χ0n) is 10.9. The van der Waals surface area contributed by atoms with Crippen LogP contribution in [0.5, 0.6) is 5.75 Å². The van der Waals surface area contributed by atoms with Gasteiger partial charge in [0.2, 0.25) is 0 Å². The fourth-order valence-corrected chi connectivity index (χ4v) is 1.36. The summed E-state index contributed by atoms with van der Waals surface area (Å²) in [5.41, 5.74) is 0.443. The van der Waals surface area contributed by atoms with E-state index in [1.165, 1.54) is 24.3 Å². The summed E-state index contributed by atoms with van der Waals surface area (Å²) in [6.07, 6.45) is -4.88. The lowest BCUT2D eigenvalue weighted by Gasteiger charge is -2.18. The quantitative estimate of drug-likeness (QED) is 0.719. The number of rotatable bonds is 8. The normalized spacial score (nSPS) is 13.0. The van der Waals surface area contributed by atoms with E-state index < -0.39 is 25.0 Å². The van der Waals surface area contributed by atoms with Crippen LogP contribution in [0, 0.1) is 11.3 Å². The smallest absolute Gasteiger partial charge is 0.319 e. The Morgan fingerprint density at radius 3 is 2.43 bits per heavy atom. The van der Waals surface area contributed by atoms with Gasteiger partial charge in [-0.15, -0.1) is 0 Å². The molecule has 0 aliphatic rings. The summed E-state index contributed by atoms with van der Waals surface area (Å²) in [5.74, 6) is -3.74. The predicted octanol–water partition coefficient (Wildman–Crippen LogP) is 1.79. The van der Waals surface area contributed by atoms with E-state index in [1.807, 2.05) is 6.07 Å². The van der Waals surface area contributed by atoms with Crippen LogP contribution in [0.25, 0.3) is 0 Å². The minimum Gasteiger partial charge on any atom is -0.491 e. The van der Waals surface area contributed by atoms with Crippen molar-refractivity contribution in [3.8, 4) is 11.8 Å². The molecule has 0 bridgehead atoms. The monoisotopic (exact) mass is 306 g/mol. The van der Waals surface area contributed by atoms with Crippen molar-refractivity contribution in [2.24, 2.45) is 0 Å². The highest BCUT2D eigenvalue weighted by molar-refractivity contribution is 5.34. The molecule has 0 aliphatic heterocycles. The van der Waals surface area contributed by atoms with Gasteiger partial charge in [-0.05, 0) is 24.3 Å². The predicted molar refractivity (Wildman–Crippen MR) is 66.5 cm³/mol. The number of hydrogen-bond donors (Lipinski definition) is 2. The molecular formula is C13H14F4N2O2. The Kier molecular flexibility index (Phi) is 6.39. The molecule has 1 rings (SSSR count). The van der Waals surface area contributed by atoms with E-state index in [9.17, 15) is 22.7 Å². The van der Waals surface area contributed by atoms with Gasteiger partial charge >= 0.3 is 12.3 Å². The van der Waals surface area contributed by atoms with Gasteiger partial charge in [0.05, 0.1) is 18.2 Å². The minimum atomic E-state index is -4.13. The molecule has 1 atom stereocenters. The molecule has 0 saturated heterocycles. The number of aliphatic hydroxyl groups is 1. The van der Waals surface area contributed by atoms with Gasteiger partial charge in [-0.3, -0.25) is 0 Å². The lowest BCUT2D eigenvalue weighted by Crippen LogP contribution is -2.42. The first-order valence-electron chi connectivity index (χ1n) is 6.03. The number of nitrogens with one attached hydrogen (secondary N) is 1. The van der Waals surface area contributed by atoms with E-state index in [0.717, 1.165) is 0 Å². The average molecular weight is 306 g/mol. The summed E-state index contributed by atoms with van der Waals surface area (Å²) in [5, 5.41) is 20.1. The Morgan fingerprint density at radius 2 is 1.90 bits per heavy atom. The van der Waals surface area contributed by atoms with Crippen LogP contribution in [0.1, 0.15) is 5.56 Å². The summed E-state index contributed by atoms with van der Waals surface area (Å²) in [6.45, 7) is -1.73. The molecule has 0 saturated carbocycles. The number of halogens is 4. The number of hydrogen-bond acceptors (Lipinski definition) is 4. The Balaban J connectivity index is 2.28. The molecule has 0 fully saturated rings. The summed E-state index contributed by atoms with van der Waals surface area (Å²) in [6, 6.07) is 7.99. The lowest BCUT2D eigenvalue weighted by molar-refractivity contribution is -0.125. The molecule has 0 aliphatic carbocycles. The Morgan fingerprint density at radius 1 is 1.29 bits per heavy atom.